The first-order valence-electron chi connectivity index (χ1n) is 8.34. The van der Waals surface area contributed by atoms with Gasteiger partial charge in [0.2, 0.25) is 11.8 Å². The predicted octanol–water partition coefficient (Wildman–Crippen LogP) is 4.59. The molecule has 3 rings (SSSR count). The Bertz CT molecular complexity index is 890. The van der Waals surface area contributed by atoms with Crippen molar-refractivity contribution >= 4 is 23.4 Å². The van der Waals surface area contributed by atoms with E-state index in [-0.39, 0.29) is 18.5 Å². The lowest BCUT2D eigenvalue weighted by Crippen LogP contribution is -2.30. The maximum absolute atomic E-state index is 12.1. The SMILES string of the molecule is Cc1ccc(-c2cc(NC(=O)CN[C@@H](C)c3cccc(Cl)c3)on2)cc1. The second-order valence-electron chi connectivity index (χ2n) is 6.15. The predicted molar refractivity (Wildman–Crippen MR) is 103 cm³/mol. The number of aryl methyl sites for hydroxylation is 1. The molecule has 2 aromatic carbocycles. The molecule has 2 N–H and O–H groups in total. The number of nitrogens with one attached hydrogen (secondary N) is 2. The molecule has 0 unspecified atom stereocenters. The molecule has 0 saturated heterocycles. The lowest BCUT2D eigenvalue weighted by atomic mass is 10.1. The van der Waals surface area contributed by atoms with E-state index in [0.717, 1.165) is 11.1 Å². The number of hydrogen-bond donors (Lipinski definition) is 2. The number of carbonyl (C=O) groups excluding carboxylic acids is 1. The lowest BCUT2D eigenvalue weighted by Gasteiger charge is -2.13. The zero-order valence-electron chi connectivity index (χ0n) is 14.6. The fraction of sp³-hybridized carbons (Fsp3) is 0.200. The van der Waals surface area contributed by atoms with Crippen LogP contribution in [-0.2, 0) is 4.79 Å². The van der Waals surface area contributed by atoms with Gasteiger partial charge in [0.15, 0.2) is 0 Å². The molecule has 134 valence electrons. The van der Waals surface area contributed by atoms with Crippen LogP contribution in [0.4, 0.5) is 5.88 Å². The minimum atomic E-state index is -0.203. The van der Waals surface area contributed by atoms with E-state index in [1.54, 1.807) is 6.07 Å². The first-order chi connectivity index (χ1) is 12.5. The summed E-state index contributed by atoms with van der Waals surface area (Å²) in [5.74, 6) is 0.119. The summed E-state index contributed by atoms with van der Waals surface area (Å²) in [5.41, 5.74) is 3.81. The Balaban J connectivity index is 1.54. The van der Waals surface area contributed by atoms with Crippen molar-refractivity contribution in [1.82, 2.24) is 10.5 Å². The van der Waals surface area contributed by atoms with Crippen LogP contribution in [0, 0.1) is 6.92 Å². The van der Waals surface area contributed by atoms with Gasteiger partial charge in [0.05, 0.1) is 6.54 Å². The molecule has 0 spiro atoms. The average Bonchev–Trinajstić information content (AvgIpc) is 3.08. The molecule has 0 fully saturated rings. The quantitative estimate of drug-likeness (QED) is 0.666. The first-order valence-corrected chi connectivity index (χ1v) is 8.71. The second kappa shape index (κ2) is 8.17. The van der Waals surface area contributed by atoms with Crippen molar-refractivity contribution in [3.05, 3.63) is 70.7 Å². The van der Waals surface area contributed by atoms with Gasteiger partial charge in [0.1, 0.15) is 5.69 Å². The Hall–Kier alpha value is -2.63. The molecular formula is C20H20ClN3O2. The van der Waals surface area contributed by atoms with Gasteiger partial charge in [-0.3, -0.25) is 10.1 Å². The van der Waals surface area contributed by atoms with Crippen molar-refractivity contribution < 1.29 is 9.32 Å². The van der Waals surface area contributed by atoms with Gasteiger partial charge < -0.3 is 9.84 Å². The maximum Gasteiger partial charge on any atom is 0.240 e. The van der Waals surface area contributed by atoms with Crippen molar-refractivity contribution in [3.8, 4) is 11.3 Å². The van der Waals surface area contributed by atoms with Crippen LogP contribution in [0.5, 0.6) is 0 Å². The van der Waals surface area contributed by atoms with Gasteiger partial charge in [-0.15, -0.1) is 0 Å². The van der Waals surface area contributed by atoms with E-state index in [2.05, 4.69) is 15.8 Å². The molecule has 1 heterocycles. The monoisotopic (exact) mass is 369 g/mol. The summed E-state index contributed by atoms with van der Waals surface area (Å²) in [6.45, 7) is 4.15. The normalized spacial score (nSPS) is 12.0. The van der Waals surface area contributed by atoms with Crippen LogP contribution in [-0.4, -0.2) is 17.6 Å². The minimum absolute atomic E-state index is 0.00250. The Labute approximate surface area is 157 Å². The van der Waals surface area contributed by atoms with Gasteiger partial charge in [0, 0.05) is 22.7 Å². The Morgan fingerprint density at radius 2 is 1.96 bits per heavy atom. The first kappa shape index (κ1) is 18.2. The van der Waals surface area contributed by atoms with Crippen molar-refractivity contribution in [2.45, 2.75) is 19.9 Å². The van der Waals surface area contributed by atoms with Gasteiger partial charge in [-0.05, 0) is 31.5 Å². The number of anilines is 1. The smallest absolute Gasteiger partial charge is 0.240 e. The third-order valence-corrected chi connectivity index (χ3v) is 4.27. The fourth-order valence-corrected chi connectivity index (χ4v) is 2.71. The molecule has 0 aliphatic carbocycles. The number of rotatable bonds is 6. The second-order valence-corrected chi connectivity index (χ2v) is 6.58. The molecule has 6 heteroatoms. The summed E-state index contributed by atoms with van der Waals surface area (Å²) >= 11 is 5.99. The molecule has 0 aliphatic rings. The summed E-state index contributed by atoms with van der Waals surface area (Å²) in [4.78, 5) is 12.1. The van der Waals surface area contributed by atoms with Crippen molar-refractivity contribution in [2.24, 2.45) is 0 Å². The highest BCUT2D eigenvalue weighted by atomic mass is 35.5. The van der Waals surface area contributed by atoms with E-state index in [4.69, 9.17) is 16.1 Å². The van der Waals surface area contributed by atoms with Crippen LogP contribution < -0.4 is 10.6 Å². The molecule has 0 aliphatic heterocycles. The number of halogens is 1. The van der Waals surface area contributed by atoms with Gasteiger partial charge >= 0.3 is 0 Å². The lowest BCUT2D eigenvalue weighted by molar-refractivity contribution is -0.115. The Morgan fingerprint density at radius 3 is 2.69 bits per heavy atom. The Morgan fingerprint density at radius 1 is 1.19 bits per heavy atom. The van der Waals surface area contributed by atoms with Gasteiger partial charge in [-0.1, -0.05) is 58.7 Å². The summed E-state index contributed by atoms with van der Waals surface area (Å²) in [6.07, 6.45) is 0. The number of aromatic nitrogens is 1. The van der Waals surface area contributed by atoms with E-state index in [1.165, 1.54) is 5.56 Å². The molecule has 26 heavy (non-hydrogen) atoms. The fourth-order valence-electron chi connectivity index (χ4n) is 2.52. The topological polar surface area (TPSA) is 67.2 Å². The summed E-state index contributed by atoms with van der Waals surface area (Å²) < 4.78 is 5.20. The highest BCUT2D eigenvalue weighted by molar-refractivity contribution is 6.30. The van der Waals surface area contributed by atoms with E-state index in [9.17, 15) is 4.79 Å². The third-order valence-electron chi connectivity index (χ3n) is 4.04. The molecule has 0 bridgehead atoms. The highest BCUT2D eigenvalue weighted by Gasteiger charge is 2.11. The molecule has 1 atom stereocenters. The number of amides is 1. The van der Waals surface area contributed by atoms with Crippen LogP contribution in [0.2, 0.25) is 5.02 Å². The molecule has 1 amide bonds. The molecule has 0 radical (unpaired) electrons. The molecule has 5 nitrogen and oxygen atoms in total. The Kier molecular flexibility index (Phi) is 5.71. The van der Waals surface area contributed by atoms with Crippen molar-refractivity contribution in [1.29, 1.82) is 0 Å². The average molecular weight is 370 g/mol. The molecule has 3 aromatic rings. The zero-order valence-corrected chi connectivity index (χ0v) is 15.4. The van der Waals surface area contributed by atoms with E-state index < -0.39 is 0 Å². The summed E-state index contributed by atoms with van der Waals surface area (Å²) in [7, 11) is 0. The summed E-state index contributed by atoms with van der Waals surface area (Å²) in [5, 5.41) is 10.5. The van der Waals surface area contributed by atoms with E-state index in [1.807, 2.05) is 62.4 Å². The van der Waals surface area contributed by atoms with E-state index in [0.29, 0.717) is 16.6 Å². The van der Waals surface area contributed by atoms with Crippen LogP contribution in [0.3, 0.4) is 0 Å². The van der Waals surface area contributed by atoms with Crippen LogP contribution >= 0.6 is 11.6 Å². The maximum atomic E-state index is 12.1. The highest BCUT2D eigenvalue weighted by Crippen LogP contribution is 2.22. The number of nitrogens with zero attached hydrogens (tertiary/aromatic N) is 1. The molecule has 0 saturated carbocycles. The molecular weight excluding hydrogens is 350 g/mol. The number of carbonyl (C=O) groups is 1. The molecule has 1 aromatic heterocycles. The van der Waals surface area contributed by atoms with Gasteiger partial charge in [-0.25, -0.2) is 0 Å². The largest absolute Gasteiger partial charge is 0.338 e. The van der Waals surface area contributed by atoms with Crippen LogP contribution in [0.25, 0.3) is 11.3 Å². The minimum Gasteiger partial charge on any atom is -0.338 e. The third kappa shape index (κ3) is 4.71. The van der Waals surface area contributed by atoms with Gasteiger partial charge in [-0.2, -0.15) is 0 Å². The summed E-state index contributed by atoms with van der Waals surface area (Å²) in [6, 6.07) is 17.2. The zero-order chi connectivity index (χ0) is 18.5. The number of benzene rings is 2. The van der Waals surface area contributed by atoms with Crippen LogP contribution in [0.15, 0.2) is 59.1 Å². The van der Waals surface area contributed by atoms with Gasteiger partial charge in [0.25, 0.3) is 0 Å². The standard InChI is InChI=1S/C20H20ClN3O2/c1-13-6-8-15(9-7-13)18-11-20(26-24-18)23-19(25)12-22-14(2)16-4-3-5-17(21)10-16/h3-11,14,22H,12H2,1-2H3,(H,23,25)/t14-/m0/s1. The van der Waals surface area contributed by atoms with E-state index >= 15 is 0 Å². The van der Waals surface area contributed by atoms with Crippen molar-refractivity contribution in [2.75, 3.05) is 11.9 Å². The van der Waals surface area contributed by atoms with Crippen LogP contribution in [0.1, 0.15) is 24.1 Å². The number of hydrogen-bond acceptors (Lipinski definition) is 4. The van der Waals surface area contributed by atoms with Crippen molar-refractivity contribution in [3.63, 3.8) is 0 Å².